The van der Waals surface area contributed by atoms with Crippen molar-refractivity contribution < 1.29 is 48.3 Å². The van der Waals surface area contributed by atoms with Crippen molar-refractivity contribution in [1.29, 1.82) is 0 Å². The fourth-order valence-electron chi connectivity index (χ4n) is 3.34. The SMILES string of the molecule is CCCCCCCCCCCCc1ccccc1S(=O)(=O)OCCCC.CCOCC.[H-].[Na+]. The van der Waals surface area contributed by atoms with Crippen LogP contribution in [0.25, 0.3) is 0 Å². The molecule has 1 rings (SSSR count). The van der Waals surface area contributed by atoms with Crippen LogP contribution in [0.3, 0.4) is 0 Å². The molecule has 6 heteroatoms. The Kier molecular flexibility index (Phi) is 25.9. The maximum Gasteiger partial charge on any atom is 1.00 e. The molecule has 0 aliphatic carbocycles. The van der Waals surface area contributed by atoms with E-state index in [1.54, 1.807) is 12.1 Å². The van der Waals surface area contributed by atoms with Crippen LogP contribution in [0.1, 0.15) is 112 Å². The first-order chi connectivity index (χ1) is 15.0. The van der Waals surface area contributed by atoms with Crippen LogP contribution in [0.4, 0.5) is 0 Å². The number of ether oxygens (including phenoxy) is 1. The minimum atomic E-state index is -3.63. The third-order valence-electron chi connectivity index (χ3n) is 5.19. The maximum absolute atomic E-state index is 12.4. The quantitative estimate of drug-likeness (QED) is 0.172. The molecule has 32 heavy (non-hydrogen) atoms. The second kappa shape index (κ2) is 24.2. The number of benzene rings is 1. The molecule has 0 heterocycles. The standard InChI is InChI=1S/C22H38O3S.C4H10O.Na.H/c1-3-5-7-8-9-10-11-12-13-14-17-21-18-15-16-19-22(21)26(23,24)25-20-6-4-2;1-3-5-4-2;;/h15-16,18-19H,3-14,17,20H2,1-2H3;3-4H2,1-2H3;;/q;;+1;-1. The second-order valence-electron chi connectivity index (χ2n) is 7.95. The van der Waals surface area contributed by atoms with Gasteiger partial charge in [0, 0.05) is 13.2 Å². The number of unbranched alkanes of at least 4 members (excludes halogenated alkanes) is 10. The summed E-state index contributed by atoms with van der Waals surface area (Å²) in [7, 11) is -3.63. The van der Waals surface area contributed by atoms with Crippen molar-refractivity contribution in [1.82, 2.24) is 0 Å². The minimum absolute atomic E-state index is 0. The fourth-order valence-corrected chi connectivity index (χ4v) is 4.54. The molecule has 0 bridgehead atoms. The van der Waals surface area contributed by atoms with Crippen molar-refractivity contribution >= 4 is 10.1 Å². The first-order valence-corrected chi connectivity index (χ1v) is 14.0. The normalized spacial score (nSPS) is 10.9. The van der Waals surface area contributed by atoms with Crippen molar-refractivity contribution in [2.75, 3.05) is 19.8 Å². The van der Waals surface area contributed by atoms with Crippen LogP contribution >= 0.6 is 0 Å². The molecule has 0 aliphatic heterocycles. The summed E-state index contributed by atoms with van der Waals surface area (Å²) in [4.78, 5) is 0.354. The Balaban J connectivity index is -0.00000116. The molecule has 184 valence electrons. The van der Waals surface area contributed by atoms with Gasteiger partial charge in [0.25, 0.3) is 10.1 Å². The van der Waals surface area contributed by atoms with Gasteiger partial charge in [0.15, 0.2) is 0 Å². The van der Waals surface area contributed by atoms with E-state index in [0.29, 0.717) is 4.90 Å². The van der Waals surface area contributed by atoms with E-state index in [2.05, 4.69) is 6.92 Å². The molecule has 0 atom stereocenters. The van der Waals surface area contributed by atoms with Crippen LogP contribution in [0, 0.1) is 0 Å². The Morgan fingerprint density at radius 2 is 1.22 bits per heavy atom. The maximum atomic E-state index is 12.4. The molecular formula is C26H49NaO4S. The summed E-state index contributed by atoms with van der Waals surface area (Å²) < 4.78 is 34.8. The average molecular weight is 481 g/mol. The summed E-state index contributed by atoms with van der Waals surface area (Å²) in [5.41, 5.74) is 0.892. The van der Waals surface area contributed by atoms with E-state index in [-0.39, 0.29) is 37.6 Å². The van der Waals surface area contributed by atoms with Gasteiger partial charge in [-0.05, 0) is 44.7 Å². The fraction of sp³-hybridized carbons (Fsp3) is 0.769. The Morgan fingerprint density at radius 1 is 0.719 bits per heavy atom. The van der Waals surface area contributed by atoms with E-state index in [4.69, 9.17) is 8.92 Å². The number of hydrogen-bond acceptors (Lipinski definition) is 4. The van der Waals surface area contributed by atoms with Crippen LogP contribution in [-0.2, 0) is 25.5 Å². The Labute approximate surface area is 223 Å². The number of rotatable bonds is 18. The van der Waals surface area contributed by atoms with Gasteiger partial charge in [0.1, 0.15) is 0 Å². The second-order valence-corrected chi connectivity index (χ2v) is 9.53. The molecular weight excluding hydrogens is 431 g/mol. The first kappa shape index (κ1) is 34.3. The van der Waals surface area contributed by atoms with Crippen molar-refractivity contribution in [3.63, 3.8) is 0 Å². The minimum Gasteiger partial charge on any atom is -1.00 e. The summed E-state index contributed by atoms with van der Waals surface area (Å²) in [5.74, 6) is 0. The van der Waals surface area contributed by atoms with Gasteiger partial charge >= 0.3 is 29.6 Å². The smallest absolute Gasteiger partial charge is 1.00 e. The van der Waals surface area contributed by atoms with E-state index in [1.807, 2.05) is 32.9 Å². The Hall–Kier alpha value is 0.0900. The van der Waals surface area contributed by atoms with Crippen molar-refractivity contribution in [3.8, 4) is 0 Å². The molecule has 0 saturated carbocycles. The van der Waals surface area contributed by atoms with Crippen molar-refractivity contribution in [2.45, 2.75) is 116 Å². The zero-order chi connectivity index (χ0) is 23.2. The van der Waals surface area contributed by atoms with Gasteiger partial charge in [-0.2, -0.15) is 8.42 Å². The zero-order valence-corrected chi connectivity index (χ0v) is 24.5. The predicted octanol–water partition coefficient (Wildman–Crippen LogP) is 4.81. The average Bonchev–Trinajstić information content (AvgIpc) is 2.76. The molecule has 1 aromatic carbocycles. The molecule has 0 N–H and O–H groups in total. The molecule has 0 radical (unpaired) electrons. The topological polar surface area (TPSA) is 52.6 Å². The molecule has 4 nitrogen and oxygen atoms in total. The van der Waals surface area contributed by atoms with E-state index < -0.39 is 10.1 Å². The summed E-state index contributed by atoms with van der Waals surface area (Å²) in [6, 6.07) is 7.28. The molecule has 0 unspecified atom stereocenters. The van der Waals surface area contributed by atoms with Crippen LogP contribution in [-0.4, -0.2) is 28.2 Å². The van der Waals surface area contributed by atoms with Crippen LogP contribution < -0.4 is 29.6 Å². The van der Waals surface area contributed by atoms with E-state index in [1.165, 1.54) is 57.8 Å². The summed E-state index contributed by atoms with van der Waals surface area (Å²) in [6.45, 7) is 10.2. The van der Waals surface area contributed by atoms with Gasteiger partial charge in [-0.15, -0.1) is 0 Å². The van der Waals surface area contributed by atoms with Crippen LogP contribution in [0.15, 0.2) is 29.2 Å². The molecule has 0 aliphatic rings. The molecule has 1 aromatic rings. The summed E-state index contributed by atoms with van der Waals surface area (Å²) in [5, 5.41) is 0. The van der Waals surface area contributed by atoms with Crippen LogP contribution in [0.2, 0.25) is 0 Å². The third-order valence-corrected chi connectivity index (χ3v) is 6.60. The van der Waals surface area contributed by atoms with E-state index in [0.717, 1.165) is 44.5 Å². The summed E-state index contributed by atoms with van der Waals surface area (Å²) >= 11 is 0. The van der Waals surface area contributed by atoms with Gasteiger partial charge in [-0.25, -0.2) is 0 Å². The molecule has 0 saturated heterocycles. The van der Waals surface area contributed by atoms with Gasteiger partial charge in [0.05, 0.1) is 11.5 Å². The first-order valence-electron chi connectivity index (χ1n) is 12.6. The molecule has 0 spiro atoms. The molecule has 0 amide bonds. The van der Waals surface area contributed by atoms with E-state index in [9.17, 15) is 8.42 Å². The number of hydrogen-bond donors (Lipinski definition) is 0. The van der Waals surface area contributed by atoms with Gasteiger partial charge < -0.3 is 6.16 Å². The van der Waals surface area contributed by atoms with Crippen LogP contribution in [0.5, 0.6) is 0 Å². The predicted molar refractivity (Wildman–Crippen MR) is 133 cm³/mol. The third kappa shape index (κ3) is 18.5. The van der Waals surface area contributed by atoms with E-state index >= 15 is 0 Å². The molecule has 0 aromatic heterocycles. The monoisotopic (exact) mass is 480 g/mol. The van der Waals surface area contributed by atoms with Crippen molar-refractivity contribution in [3.05, 3.63) is 29.8 Å². The van der Waals surface area contributed by atoms with Gasteiger partial charge in [0.2, 0.25) is 0 Å². The van der Waals surface area contributed by atoms with Gasteiger partial charge in [-0.1, -0.05) is 96.3 Å². The number of aryl methyl sites for hydroxylation is 1. The van der Waals surface area contributed by atoms with Gasteiger partial charge in [-0.3, -0.25) is 4.18 Å². The van der Waals surface area contributed by atoms with Crippen molar-refractivity contribution in [2.24, 2.45) is 0 Å². The summed E-state index contributed by atoms with van der Waals surface area (Å²) in [6.07, 6.45) is 15.4. The Bertz CT molecular complexity index is 624. The zero-order valence-electron chi connectivity index (χ0n) is 22.7. The molecule has 0 fully saturated rings. The largest absolute Gasteiger partial charge is 1.00 e. The Morgan fingerprint density at radius 3 is 1.72 bits per heavy atom.